The van der Waals surface area contributed by atoms with Crippen LogP contribution in [0.25, 0.3) is 143 Å². The minimum absolute atomic E-state index is 0.131. The molecule has 0 fully saturated rings. The first-order chi connectivity index (χ1) is 51.8. The Labute approximate surface area is 610 Å². The molecule has 105 heavy (non-hydrogen) atoms. The summed E-state index contributed by atoms with van der Waals surface area (Å²) in [6.45, 7) is 4.70. The van der Waals surface area contributed by atoms with Crippen LogP contribution in [-0.4, -0.2) is 0 Å². The molecule has 2 heterocycles. The third kappa shape index (κ3) is 11.4. The van der Waals surface area contributed by atoms with Crippen molar-refractivity contribution in [1.29, 1.82) is 0 Å². The molecule has 0 atom stereocenters. The van der Waals surface area contributed by atoms with Gasteiger partial charge in [-0.3, -0.25) is 0 Å². The minimum Gasteiger partial charge on any atom is -0.455 e. The van der Waals surface area contributed by atoms with Crippen molar-refractivity contribution < 1.29 is 8.83 Å². The average molecular weight is 1340 g/mol. The predicted octanol–water partition coefficient (Wildman–Crippen LogP) is 28.7. The van der Waals surface area contributed by atoms with Gasteiger partial charge in [-0.25, -0.2) is 0 Å². The molecule has 0 N–H and O–H groups in total. The lowest BCUT2D eigenvalue weighted by atomic mass is 9.82. The highest BCUT2D eigenvalue weighted by Crippen LogP contribution is 2.53. The lowest BCUT2D eigenvalue weighted by Crippen LogP contribution is -2.17. The molecule has 0 saturated carbocycles. The number of hydrogen-bond acceptors (Lipinski definition) is 4. The standard InChI is InChI=1S/C52H35NO.C49H35NO/c1-3-11-36(12-4-1)39-21-27-45(28-22-39)53(46-29-23-40(24-30-46)37-13-5-2-6-14-37)47-31-25-41(26-32-47)44-34-49(43-20-19-38-15-7-8-16-42(38)33-43)52-50(35-44)48-17-9-10-18-51(48)54-52;1-49(2)44-21-11-8-19-39(44)40-27-26-36(31-45(40)49)50(46-22-12-9-18-38(46)33-15-4-3-5-16-33)37-29-42(35-25-24-32-14-6-7-17-34(32)28-35)48-43(30-37)41-20-10-13-23-47(41)51-48/h1-35H;3-31H,1-2H3. The van der Waals surface area contributed by atoms with Crippen molar-refractivity contribution in [3.8, 4) is 77.9 Å². The molecule has 19 aromatic rings. The molecule has 1 aliphatic carbocycles. The number of fused-ring (bicyclic) bond motifs is 11. The highest BCUT2D eigenvalue weighted by atomic mass is 16.3. The summed E-state index contributed by atoms with van der Waals surface area (Å²) in [5.74, 6) is 0. The Morgan fingerprint density at radius 3 is 1.16 bits per heavy atom. The summed E-state index contributed by atoms with van der Waals surface area (Å²) in [6, 6.07) is 140. The Balaban J connectivity index is 0.000000144. The molecule has 4 nitrogen and oxygen atoms in total. The van der Waals surface area contributed by atoms with Crippen molar-refractivity contribution in [2.75, 3.05) is 9.80 Å². The van der Waals surface area contributed by atoms with Gasteiger partial charge in [-0.15, -0.1) is 0 Å². The van der Waals surface area contributed by atoms with Gasteiger partial charge in [0.2, 0.25) is 0 Å². The zero-order chi connectivity index (χ0) is 70.0. The lowest BCUT2D eigenvalue weighted by molar-refractivity contribution is 0.660. The molecule has 0 unspecified atom stereocenters. The van der Waals surface area contributed by atoms with Crippen molar-refractivity contribution in [1.82, 2.24) is 0 Å². The predicted molar refractivity (Wildman–Crippen MR) is 442 cm³/mol. The zero-order valence-corrected chi connectivity index (χ0v) is 58.2. The second-order valence-electron chi connectivity index (χ2n) is 27.9. The van der Waals surface area contributed by atoms with Crippen LogP contribution in [0, 0.1) is 0 Å². The summed E-state index contributed by atoms with van der Waals surface area (Å²) in [5, 5.41) is 9.31. The van der Waals surface area contributed by atoms with Crippen LogP contribution in [-0.2, 0) is 5.41 Å². The zero-order valence-electron chi connectivity index (χ0n) is 58.2. The normalized spacial score (nSPS) is 12.2. The molecule has 20 rings (SSSR count). The molecule has 0 spiro atoms. The molecule has 4 heteroatoms. The van der Waals surface area contributed by atoms with E-state index in [0.717, 1.165) is 111 Å². The Bertz CT molecular complexity index is 6390. The van der Waals surface area contributed by atoms with Crippen LogP contribution in [0.3, 0.4) is 0 Å². The second-order valence-corrected chi connectivity index (χ2v) is 27.9. The summed E-state index contributed by atoms with van der Waals surface area (Å²) in [5.41, 5.74) is 29.3. The van der Waals surface area contributed by atoms with E-state index in [4.69, 9.17) is 8.83 Å². The van der Waals surface area contributed by atoms with Crippen LogP contribution in [0.4, 0.5) is 34.1 Å². The molecule has 0 bridgehead atoms. The third-order valence-corrected chi connectivity index (χ3v) is 21.3. The Morgan fingerprint density at radius 2 is 0.610 bits per heavy atom. The average Bonchev–Trinajstić information content (AvgIpc) is 1.63. The first-order valence-corrected chi connectivity index (χ1v) is 36.1. The number of rotatable bonds is 12. The molecule has 2 aromatic heterocycles. The Hall–Kier alpha value is -13.5. The van der Waals surface area contributed by atoms with Crippen LogP contribution < -0.4 is 9.80 Å². The number of furan rings is 2. The second kappa shape index (κ2) is 26.1. The molecule has 496 valence electrons. The highest BCUT2D eigenvalue weighted by Gasteiger charge is 2.36. The van der Waals surface area contributed by atoms with Crippen molar-refractivity contribution in [3.63, 3.8) is 0 Å². The van der Waals surface area contributed by atoms with Gasteiger partial charge in [0.05, 0.1) is 5.69 Å². The summed E-state index contributed by atoms with van der Waals surface area (Å²) >= 11 is 0. The largest absolute Gasteiger partial charge is 0.455 e. The number of anilines is 6. The van der Waals surface area contributed by atoms with Crippen molar-refractivity contribution >= 4 is 99.5 Å². The van der Waals surface area contributed by atoms with Gasteiger partial charge in [-0.2, -0.15) is 0 Å². The molecule has 1 aliphatic rings. The van der Waals surface area contributed by atoms with Crippen LogP contribution in [0.5, 0.6) is 0 Å². The molecule has 0 radical (unpaired) electrons. The van der Waals surface area contributed by atoms with Crippen LogP contribution >= 0.6 is 0 Å². The fourth-order valence-corrected chi connectivity index (χ4v) is 16.0. The number of para-hydroxylation sites is 3. The number of benzene rings is 17. The monoisotopic (exact) mass is 1340 g/mol. The quantitative estimate of drug-likeness (QED) is 0.122. The number of hydrogen-bond donors (Lipinski definition) is 0. The molecule has 0 aliphatic heterocycles. The van der Waals surface area contributed by atoms with Gasteiger partial charge in [-0.05, 0) is 197 Å². The van der Waals surface area contributed by atoms with Gasteiger partial charge in [0, 0.05) is 72.1 Å². The lowest BCUT2D eigenvalue weighted by Gasteiger charge is -2.30. The van der Waals surface area contributed by atoms with Gasteiger partial charge in [0.25, 0.3) is 0 Å². The highest BCUT2D eigenvalue weighted by molar-refractivity contribution is 6.14. The summed E-state index contributed by atoms with van der Waals surface area (Å²) in [4.78, 5) is 4.79. The number of nitrogens with zero attached hydrogens (tertiary/aromatic N) is 2. The Morgan fingerprint density at radius 1 is 0.210 bits per heavy atom. The van der Waals surface area contributed by atoms with E-state index in [2.05, 4.69) is 400 Å². The summed E-state index contributed by atoms with van der Waals surface area (Å²) < 4.78 is 13.3. The maximum atomic E-state index is 6.69. The molecule has 0 saturated heterocycles. The first kappa shape index (κ1) is 62.5. The smallest absolute Gasteiger partial charge is 0.143 e. The van der Waals surface area contributed by atoms with Gasteiger partial charge >= 0.3 is 0 Å². The fraction of sp³-hybridized carbons (Fsp3) is 0.0297. The Kier molecular flexibility index (Phi) is 15.5. The SMILES string of the molecule is CC1(C)c2ccccc2-c2ccc(N(c3cc(-c4ccc5ccccc5c4)c4oc5ccccc5c4c3)c3ccccc3-c3ccccc3)cc21.c1ccc(-c2ccc(N(c3ccc(-c4ccccc4)cc3)c3ccc(-c4cc(-c5ccc6ccccc6c5)c5oc6ccccc6c5c4)cc3)cc2)cc1. The maximum Gasteiger partial charge on any atom is 0.143 e. The topological polar surface area (TPSA) is 32.8 Å². The molecular weight excluding hydrogens is 1270 g/mol. The van der Waals surface area contributed by atoms with Crippen LogP contribution in [0.15, 0.2) is 397 Å². The van der Waals surface area contributed by atoms with Gasteiger partial charge < -0.3 is 18.6 Å². The third-order valence-electron chi connectivity index (χ3n) is 21.3. The van der Waals surface area contributed by atoms with Gasteiger partial charge in [0.1, 0.15) is 22.3 Å². The molecule has 0 amide bonds. The van der Waals surface area contributed by atoms with E-state index in [9.17, 15) is 0 Å². The van der Waals surface area contributed by atoms with Gasteiger partial charge in [-0.1, -0.05) is 299 Å². The summed E-state index contributed by atoms with van der Waals surface area (Å²) in [7, 11) is 0. The van der Waals surface area contributed by atoms with E-state index in [-0.39, 0.29) is 5.41 Å². The first-order valence-electron chi connectivity index (χ1n) is 36.1. The van der Waals surface area contributed by atoms with E-state index < -0.39 is 0 Å². The van der Waals surface area contributed by atoms with E-state index >= 15 is 0 Å². The van der Waals surface area contributed by atoms with Gasteiger partial charge in [0.15, 0.2) is 0 Å². The maximum absolute atomic E-state index is 6.69. The molecule has 17 aromatic carbocycles. The van der Waals surface area contributed by atoms with Crippen molar-refractivity contribution in [2.45, 2.75) is 19.3 Å². The summed E-state index contributed by atoms with van der Waals surface area (Å²) in [6.07, 6.45) is 0. The van der Waals surface area contributed by atoms with E-state index in [1.54, 1.807) is 0 Å². The fourth-order valence-electron chi connectivity index (χ4n) is 16.0. The van der Waals surface area contributed by atoms with Crippen LogP contribution in [0.2, 0.25) is 0 Å². The van der Waals surface area contributed by atoms with Crippen LogP contribution in [0.1, 0.15) is 25.0 Å². The van der Waals surface area contributed by atoms with Crippen molar-refractivity contribution in [3.05, 3.63) is 399 Å². The minimum atomic E-state index is -0.131. The van der Waals surface area contributed by atoms with Crippen molar-refractivity contribution in [2.24, 2.45) is 0 Å². The van der Waals surface area contributed by atoms with E-state index in [1.165, 1.54) is 77.2 Å². The van der Waals surface area contributed by atoms with E-state index in [0.29, 0.717) is 0 Å². The van der Waals surface area contributed by atoms with E-state index in [1.807, 2.05) is 12.1 Å². The molecular formula is C101H70N2O2.